The average molecular weight is 332 g/mol. The number of nitrogens with zero attached hydrogens (tertiary/aromatic N) is 3. The van der Waals surface area contributed by atoms with Crippen LogP contribution in [0.3, 0.4) is 0 Å². The Kier molecular flexibility index (Phi) is 4.95. The maximum absolute atomic E-state index is 14.5. The van der Waals surface area contributed by atoms with Crippen molar-refractivity contribution in [3.63, 3.8) is 0 Å². The van der Waals surface area contributed by atoms with Crippen molar-refractivity contribution >= 4 is 22.8 Å². The molecule has 3 aromatic rings. The summed E-state index contributed by atoms with van der Waals surface area (Å²) in [5.41, 5.74) is 9.17. The quantitative estimate of drug-likeness (QED) is 0.394. The van der Waals surface area contributed by atoms with Gasteiger partial charge in [-0.05, 0) is 6.07 Å². The first-order valence-corrected chi connectivity index (χ1v) is 7.77. The van der Waals surface area contributed by atoms with Gasteiger partial charge in [-0.15, -0.1) is 0 Å². The van der Waals surface area contributed by atoms with Gasteiger partial charge in [0, 0.05) is 24.2 Å². The van der Waals surface area contributed by atoms with E-state index < -0.39 is 5.82 Å². The Balaban J connectivity index is 2.16. The molecule has 5 heteroatoms. The molecule has 0 spiro atoms. The standard InChI is InChI=1S/C20H17FN4/c1-23-25-19-12-16(21)18(13-17(19)22)24-20(14-8-4-2-5-9-14)15-10-6-3-7-11-15/h2-13H,22H2,1H3. The van der Waals surface area contributed by atoms with Crippen LogP contribution in [-0.2, 0) is 0 Å². The van der Waals surface area contributed by atoms with E-state index in [0.29, 0.717) is 17.1 Å². The van der Waals surface area contributed by atoms with Crippen LogP contribution in [0.15, 0.2) is 88.0 Å². The van der Waals surface area contributed by atoms with Crippen molar-refractivity contribution in [1.82, 2.24) is 0 Å². The van der Waals surface area contributed by atoms with Crippen molar-refractivity contribution in [2.75, 3.05) is 12.8 Å². The summed E-state index contributed by atoms with van der Waals surface area (Å²) in [6, 6.07) is 22.0. The van der Waals surface area contributed by atoms with Crippen molar-refractivity contribution < 1.29 is 4.39 Å². The molecule has 0 bridgehead atoms. The highest BCUT2D eigenvalue weighted by atomic mass is 19.1. The summed E-state index contributed by atoms with van der Waals surface area (Å²) in [6.07, 6.45) is 0. The highest BCUT2D eigenvalue weighted by Gasteiger charge is 2.11. The maximum atomic E-state index is 14.5. The highest BCUT2D eigenvalue weighted by Crippen LogP contribution is 2.31. The fourth-order valence-corrected chi connectivity index (χ4v) is 2.46. The number of nitrogen functional groups attached to an aromatic ring is 1. The summed E-state index contributed by atoms with van der Waals surface area (Å²) in [6.45, 7) is 0. The Labute approximate surface area is 145 Å². The lowest BCUT2D eigenvalue weighted by atomic mass is 10.0. The van der Waals surface area contributed by atoms with Crippen molar-refractivity contribution in [2.24, 2.45) is 15.2 Å². The maximum Gasteiger partial charge on any atom is 0.151 e. The lowest BCUT2D eigenvalue weighted by molar-refractivity contribution is 0.630. The van der Waals surface area contributed by atoms with Crippen LogP contribution >= 0.6 is 0 Å². The van der Waals surface area contributed by atoms with Crippen molar-refractivity contribution in [3.05, 3.63) is 89.7 Å². The first-order valence-electron chi connectivity index (χ1n) is 7.77. The Morgan fingerprint density at radius 3 is 1.92 bits per heavy atom. The molecule has 0 aliphatic rings. The molecular weight excluding hydrogens is 315 g/mol. The Bertz CT molecular complexity index is 878. The second kappa shape index (κ2) is 7.49. The number of aliphatic imine (C=N–C) groups is 1. The number of halogens is 1. The van der Waals surface area contributed by atoms with E-state index in [2.05, 4.69) is 15.2 Å². The van der Waals surface area contributed by atoms with E-state index in [0.717, 1.165) is 11.1 Å². The van der Waals surface area contributed by atoms with Gasteiger partial charge < -0.3 is 5.73 Å². The van der Waals surface area contributed by atoms with Gasteiger partial charge in [0.25, 0.3) is 0 Å². The summed E-state index contributed by atoms with van der Waals surface area (Å²) in [5, 5.41) is 7.45. The smallest absolute Gasteiger partial charge is 0.151 e. The molecule has 0 atom stereocenters. The minimum atomic E-state index is -0.499. The minimum absolute atomic E-state index is 0.162. The molecule has 0 amide bonds. The van der Waals surface area contributed by atoms with Gasteiger partial charge in [-0.3, -0.25) is 0 Å². The lowest BCUT2D eigenvalue weighted by Crippen LogP contribution is -2.03. The average Bonchev–Trinajstić information content (AvgIpc) is 2.65. The van der Waals surface area contributed by atoms with Gasteiger partial charge in [-0.2, -0.15) is 10.2 Å². The highest BCUT2D eigenvalue weighted by molar-refractivity contribution is 6.14. The largest absolute Gasteiger partial charge is 0.397 e. The molecule has 0 aromatic heterocycles. The summed E-state index contributed by atoms with van der Waals surface area (Å²) < 4.78 is 14.5. The summed E-state index contributed by atoms with van der Waals surface area (Å²) in [7, 11) is 1.51. The van der Waals surface area contributed by atoms with E-state index in [1.807, 2.05) is 60.7 Å². The third-order valence-corrected chi connectivity index (χ3v) is 3.63. The van der Waals surface area contributed by atoms with Gasteiger partial charge >= 0.3 is 0 Å². The Morgan fingerprint density at radius 2 is 1.40 bits per heavy atom. The summed E-state index contributed by atoms with van der Waals surface area (Å²) in [4.78, 5) is 4.55. The summed E-state index contributed by atoms with van der Waals surface area (Å²) >= 11 is 0. The minimum Gasteiger partial charge on any atom is -0.397 e. The number of rotatable bonds is 4. The molecule has 0 heterocycles. The monoisotopic (exact) mass is 332 g/mol. The molecule has 0 fully saturated rings. The number of nitrogens with two attached hydrogens (primary N) is 1. The number of azo groups is 1. The topological polar surface area (TPSA) is 63.1 Å². The van der Waals surface area contributed by atoms with Crippen LogP contribution in [0.1, 0.15) is 11.1 Å². The van der Waals surface area contributed by atoms with Crippen LogP contribution in [0.25, 0.3) is 0 Å². The second-order valence-electron chi connectivity index (χ2n) is 5.35. The number of hydrogen-bond acceptors (Lipinski definition) is 4. The zero-order chi connectivity index (χ0) is 17.6. The fraction of sp³-hybridized carbons (Fsp3) is 0.0500. The van der Waals surface area contributed by atoms with Gasteiger partial charge in [-0.1, -0.05) is 60.7 Å². The van der Waals surface area contributed by atoms with Crippen LogP contribution in [0.5, 0.6) is 0 Å². The zero-order valence-electron chi connectivity index (χ0n) is 13.7. The van der Waals surface area contributed by atoms with Crippen LogP contribution in [0, 0.1) is 5.82 Å². The van der Waals surface area contributed by atoms with E-state index in [4.69, 9.17) is 5.73 Å². The molecule has 3 rings (SSSR count). The summed E-state index contributed by atoms with van der Waals surface area (Å²) in [5.74, 6) is -0.499. The van der Waals surface area contributed by atoms with Gasteiger partial charge in [0.1, 0.15) is 11.4 Å². The Morgan fingerprint density at radius 1 is 0.840 bits per heavy atom. The predicted octanol–water partition coefficient (Wildman–Crippen LogP) is 5.29. The first-order chi connectivity index (χ1) is 12.2. The molecule has 2 N–H and O–H groups in total. The van der Waals surface area contributed by atoms with Gasteiger partial charge in [0.05, 0.1) is 11.4 Å². The third kappa shape index (κ3) is 3.77. The van der Waals surface area contributed by atoms with Gasteiger partial charge in [0.15, 0.2) is 5.82 Å². The number of anilines is 1. The molecule has 0 saturated carbocycles. The Hall–Kier alpha value is -3.34. The van der Waals surface area contributed by atoms with Crippen LogP contribution in [-0.4, -0.2) is 12.8 Å². The second-order valence-corrected chi connectivity index (χ2v) is 5.35. The van der Waals surface area contributed by atoms with Crippen LogP contribution < -0.4 is 5.73 Å². The number of hydrogen-bond donors (Lipinski definition) is 1. The predicted molar refractivity (Wildman–Crippen MR) is 99.4 cm³/mol. The van der Waals surface area contributed by atoms with Crippen molar-refractivity contribution in [1.29, 1.82) is 0 Å². The molecular formula is C20H17FN4. The molecule has 25 heavy (non-hydrogen) atoms. The van der Waals surface area contributed by atoms with Crippen LogP contribution in [0.4, 0.5) is 21.5 Å². The molecule has 4 nitrogen and oxygen atoms in total. The molecule has 0 aliphatic heterocycles. The molecule has 3 aromatic carbocycles. The normalized spacial score (nSPS) is 10.8. The molecule has 124 valence electrons. The van der Waals surface area contributed by atoms with Crippen molar-refractivity contribution in [3.8, 4) is 0 Å². The van der Waals surface area contributed by atoms with E-state index >= 15 is 0 Å². The van der Waals surface area contributed by atoms with E-state index in [1.165, 1.54) is 19.2 Å². The lowest BCUT2D eigenvalue weighted by Gasteiger charge is -2.09. The molecule has 0 radical (unpaired) electrons. The first kappa shape index (κ1) is 16.5. The SMILES string of the molecule is CN=Nc1cc(F)c(N=C(c2ccccc2)c2ccccc2)cc1N. The van der Waals surface area contributed by atoms with Crippen LogP contribution in [0.2, 0.25) is 0 Å². The van der Waals surface area contributed by atoms with E-state index in [1.54, 1.807) is 0 Å². The third-order valence-electron chi connectivity index (χ3n) is 3.63. The van der Waals surface area contributed by atoms with E-state index in [-0.39, 0.29) is 5.69 Å². The molecule has 0 aliphatic carbocycles. The zero-order valence-corrected chi connectivity index (χ0v) is 13.7. The van der Waals surface area contributed by atoms with E-state index in [9.17, 15) is 4.39 Å². The van der Waals surface area contributed by atoms with Crippen molar-refractivity contribution in [2.45, 2.75) is 0 Å². The number of benzene rings is 3. The van der Waals surface area contributed by atoms with Gasteiger partial charge in [-0.25, -0.2) is 9.38 Å². The molecule has 0 unspecified atom stereocenters. The van der Waals surface area contributed by atoms with Gasteiger partial charge in [0.2, 0.25) is 0 Å². The molecule has 0 saturated heterocycles. The fourth-order valence-electron chi connectivity index (χ4n) is 2.46.